The van der Waals surface area contributed by atoms with Gasteiger partial charge in [0.05, 0.1) is 5.69 Å². The quantitative estimate of drug-likeness (QED) is 0.800. The van der Waals surface area contributed by atoms with E-state index in [4.69, 9.17) is 0 Å². The Labute approximate surface area is 91.7 Å². The van der Waals surface area contributed by atoms with Crippen LogP contribution in [0.2, 0.25) is 0 Å². The molecule has 1 aliphatic rings. The molecule has 84 valence electrons. The highest BCUT2D eigenvalue weighted by molar-refractivity contribution is 5.30. The van der Waals surface area contributed by atoms with Crippen molar-refractivity contribution in [2.75, 3.05) is 12.4 Å². The van der Waals surface area contributed by atoms with E-state index in [2.05, 4.69) is 22.2 Å². The van der Waals surface area contributed by atoms with Gasteiger partial charge in [0, 0.05) is 12.7 Å². The highest BCUT2D eigenvalue weighted by Gasteiger charge is 2.16. The predicted octanol–water partition coefficient (Wildman–Crippen LogP) is 2.88. The molecule has 1 aromatic rings. The van der Waals surface area contributed by atoms with Gasteiger partial charge in [0.25, 0.3) is 0 Å². The number of rotatable bonds is 3. The van der Waals surface area contributed by atoms with Gasteiger partial charge in [0.2, 0.25) is 0 Å². The molecule has 0 radical (unpaired) electrons. The monoisotopic (exact) mass is 207 g/mol. The third-order valence-corrected chi connectivity index (χ3v) is 3.43. The molecule has 0 atom stereocenters. The van der Waals surface area contributed by atoms with Gasteiger partial charge in [-0.2, -0.15) is 0 Å². The van der Waals surface area contributed by atoms with Crippen LogP contribution in [-0.2, 0) is 6.42 Å². The molecule has 0 saturated heterocycles. The fourth-order valence-corrected chi connectivity index (χ4v) is 2.48. The van der Waals surface area contributed by atoms with Crippen LogP contribution < -0.4 is 5.32 Å². The third kappa shape index (κ3) is 2.52. The number of imidazole rings is 1. The summed E-state index contributed by atoms with van der Waals surface area (Å²) in [5.74, 6) is 1.77. The van der Waals surface area contributed by atoms with E-state index in [0.29, 0.717) is 0 Å². The number of anilines is 1. The van der Waals surface area contributed by atoms with Gasteiger partial charge in [0.15, 0.2) is 5.95 Å². The maximum Gasteiger partial charge on any atom is 0.200 e. The molecule has 2 rings (SSSR count). The number of H-pyrrole nitrogens is 1. The molecule has 1 fully saturated rings. The van der Waals surface area contributed by atoms with Crippen LogP contribution in [0, 0.1) is 12.8 Å². The van der Waals surface area contributed by atoms with Crippen LogP contribution in [0.25, 0.3) is 0 Å². The van der Waals surface area contributed by atoms with E-state index in [1.807, 2.05) is 7.05 Å². The SMILES string of the molecule is CNc1nc(CC2CCCCC2)c(C)[nH]1. The molecule has 1 aliphatic carbocycles. The van der Waals surface area contributed by atoms with Crippen molar-refractivity contribution < 1.29 is 0 Å². The van der Waals surface area contributed by atoms with Crippen molar-refractivity contribution >= 4 is 5.95 Å². The average molecular weight is 207 g/mol. The number of hydrogen-bond acceptors (Lipinski definition) is 2. The first-order chi connectivity index (χ1) is 7.29. The number of nitrogens with zero attached hydrogens (tertiary/aromatic N) is 1. The van der Waals surface area contributed by atoms with Crippen LogP contribution in [0.4, 0.5) is 5.95 Å². The van der Waals surface area contributed by atoms with E-state index in [1.165, 1.54) is 43.5 Å². The maximum absolute atomic E-state index is 4.56. The molecule has 1 aromatic heterocycles. The topological polar surface area (TPSA) is 40.7 Å². The fourth-order valence-electron chi connectivity index (χ4n) is 2.48. The van der Waals surface area contributed by atoms with E-state index < -0.39 is 0 Å². The van der Waals surface area contributed by atoms with Crippen LogP contribution in [0.5, 0.6) is 0 Å². The van der Waals surface area contributed by atoms with E-state index in [-0.39, 0.29) is 0 Å². The Balaban J connectivity index is 1.99. The first-order valence-corrected chi connectivity index (χ1v) is 6.03. The van der Waals surface area contributed by atoms with E-state index >= 15 is 0 Å². The number of aryl methyl sites for hydroxylation is 1. The van der Waals surface area contributed by atoms with Gasteiger partial charge in [-0.05, 0) is 19.3 Å². The minimum absolute atomic E-state index is 0.866. The van der Waals surface area contributed by atoms with Gasteiger partial charge in [-0.15, -0.1) is 0 Å². The Bertz CT molecular complexity index is 311. The fraction of sp³-hybridized carbons (Fsp3) is 0.750. The molecule has 0 aliphatic heterocycles. The van der Waals surface area contributed by atoms with Crippen LogP contribution in [0.3, 0.4) is 0 Å². The van der Waals surface area contributed by atoms with Gasteiger partial charge in [0.1, 0.15) is 0 Å². The highest BCUT2D eigenvalue weighted by Crippen LogP contribution is 2.27. The van der Waals surface area contributed by atoms with Crippen LogP contribution in [-0.4, -0.2) is 17.0 Å². The van der Waals surface area contributed by atoms with Crippen molar-refractivity contribution in [3.63, 3.8) is 0 Å². The lowest BCUT2D eigenvalue weighted by Gasteiger charge is -2.20. The zero-order valence-corrected chi connectivity index (χ0v) is 9.77. The van der Waals surface area contributed by atoms with E-state index in [1.54, 1.807) is 0 Å². The Morgan fingerprint density at radius 2 is 2.07 bits per heavy atom. The molecule has 0 aromatic carbocycles. The second-order valence-electron chi connectivity index (χ2n) is 4.62. The van der Waals surface area contributed by atoms with Crippen molar-refractivity contribution in [2.24, 2.45) is 5.92 Å². The van der Waals surface area contributed by atoms with Gasteiger partial charge in [-0.1, -0.05) is 32.1 Å². The lowest BCUT2D eigenvalue weighted by atomic mass is 9.86. The molecule has 0 amide bonds. The molecule has 0 bridgehead atoms. The largest absolute Gasteiger partial charge is 0.359 e. The molecular formula is C12H21N3. The summed E-state index contributed by atoms with van der Waals surface area (Å²) < 4.78 is 0. The number of aromatic amines is 1. The average Bonchev–Trinajstić information content (AvgIpc) is 2.61. The van der Waals surface area contributed by atoms with Gasteiger partial charge < -0.3 is 10.3 Å². The summed E-state index contributed by atoms with van der Waals surface area (Å²) in [5, 5.41) is 3.06. The smallest absolute Gasteiger partial charge is 0.200 e. The molecule has 2 N–H and O–H groups in total. The van der Waals surface area contributed by atoms with Gasteiger partial charge in [-0.3, -0.25) is 0 Å². The second-order valence-corrected chi connectivity index (χ2v) is 4.62. The Morgan fingerprint density at radius 3 is 2.67 bits per heavy atom. The third-order valence-electron chi connectivity index (χ3n) is 3.43. The normalized spacial score (nSPS) is 18.0. The molecule has 3 heteroatoms. The van der Waals surface area contributed by atoms with Crippen molar-refractivity contribution in [3.8, 4) is 0 Å². The number of nitrogens with one attached hydrogen (secondary N) is 2. The summed E-state index contributed by atoms with van der Waals surface area (Å²) in [6, 6.07) is 0. The summed E-state index contributed by atoms with van der Waals surface area (Å²) in [4.78, 5) is 7.82. The molecule has 15 heavy (non-hydrogen) atoms. The zero-order chi connectivity index (χ0) is 10.7. The van der Waals surface area contributed by atoms with Crippen molar-refractivity contribution in [2.45, 2.75) is 45.4 Å². The standard InChI is InChI=1S/C12H21N3/c1-9-11(15-12(13-2)14-9)8-10-6-4-3-5-7-10/h10H,3-8H2,1-2H3,(H2,13,14,15). The van der Waals surface area contributed by atoms with Gasteiger partial charge >= 0.3 is 0 Å². The van der Waals surface area contributed by atoms with Crippen molar-refractivity contribution in [1.29, 1.82) is 0 Å². The Hall–Kier alpha value is -0.990. The number of aromatic nitrogens is 2. The zero-order valence-electron chi connectivity index (χ0n) is 9.77. The van der Waals surface area contributed by atoms with Crippen molar-refractivity contribution in [1.82, 2.24) is 9.97 Å². The lowest BCUT2D eigenvalue weighted by molar-refractivity contribution is 0.354. The van der Waals surface area contributed by atoms with Gasteiger partial charge in [-0.25, -0.2) is 4.98 Å². The van der Waals surface area contributed by atoms with E-state index in [9.17, 15) is 0 Å². The summed E-state index contributed by atoms with van der Waals surface area (Å²) in [5.41, 5.74) is 2.48. The first kappa shape index (κ1) is 10.5. The molecule has 0 unspecified atom stereocenters. The molecular weight excluding hydrogens is 186 g/mol. The molecule has 0 spiro atoms. The van der Waals surface area contributed by atoms with E-state index in [0.717, 1.165) is 18.3 Å². The minimum Gasteiger partial charge on any atom is -0.359 e. The highest BCUT2D eigenvalue weighted by atomic mass is 15.1. The summed E-state index contributed by atoms with van der Waals surface area (Å²) in [6.45, 7) is 2.12. The first-order valence-electron chi connectivity index (χ1n) is 6.03. The lowest BCUT2D eigenvalue weighted by Crippen LogP contribution is -2.10. The molecule has 1 saturated carbocycles. The summed E-state index contributed by atoms with van der Waals surface area (Å²) in [6.07, 6.45) is 8.18. The molecule has 3 nitrogen and oxygen atoms in total. The van der Waals surface area contributed by atoms with Crippen LogP contribution in [0.1, 0.15) is 43.5 Å². The minimum atomic E-state index is 0.866. The van der Waals surface area contributed by atoms with Crippen LogP contribution in [0.15, 0.2) is 0 Å². The Morgan fingerprint density at radius 1 is 1.33 bits per heavy atom. The summed E-state index contributed by atoms with van der Waals surface area (Å²) >= 11 is 0. The second kappa shape index (κ2) is 4.69. The summed E-state index contributed by atoms with van der Waals surface area (Å²) in [7, 11) is 1.91. The maximum atomic E-state index is 4.56. The Kier molecular flexibility index (Phi) is 3.29. The number of hydrogen-bond donors (Lipinski definition) is 2. The predicted molar refractivity (Wildman–Crippen MR) is 63.2 cm³/mol. The molecule has 1 heterocycles. The van der Waals surface area contributed by atoms with Crippen LogP contribution >= 0.6 is 0 Å². The van der Waals surface area contributed by atoms with Crippen molar-refractivity contribution in [3.05, 3.63) is 11.4 Å².